The van der Waals surface area contributed by atoms with Crippen LogP contribution in [0, 0.1) is 0 Å². The number of hydrogen-bond donors (Lipinski definition) is 1. The Hall–Kier alpha value is -1.56. The number of carbonyl (C=O) groups is 2. The fraction of sp³-hybridized carbons (Fsp3) is 0.429. The van der Waals surface area contributed by atoms with Crippen molar-refractivity contribution >= 4 is 27.8 Å². The van der Waals surface area contributed by atoms with Gasteiger partial charge in [-0.05, 0) is 31.5 Å². The molecule has 1 aromatic rings. The lowest BCUT2D eigenvalue weighted by Gasteiger charge is -2.11. The SMILES string of the molecule is CC[C@@H](C)NC(=O)COC(=O)COc1cccc(Br)c1. The first kappa shape index (κ1) is 16.5. The third-order valence-corrected chi connectivity index (χ3v) is 3.03. The van der Waals surface area contributed by atoms with Gasteiger partial charge in [-0.3, -0.25) is 4.79 Å². The number of carbonyl (C=O) groups excluding carboxylic acids is 2. The van der Waals surface area contributed by atoms with Crippen LogP contribution in [0.3, 0.4) is 0 Å². The Morgan fingerprint density at radius 2 is 2.10 bits per heavy atom. The van der Waals surface area contributed by atoms with E-state index >= 15 is 0 Å². The number of esters is 1. The van der Waals surface area contributed by atoms with E-state index in [9.17, 15) is 9.59 Å². The molecule has 0 aliphatic rings. The van der Waals surface area contributed by atoms with Crippen LogP contribution in [-0.2, 0) is 14.3 Å². The second kappa shape index (κ2) is 8.58. The van der Waals surface area contributed by atoms with Gasteiger partial charge in [0.1, 0.15) is 5.75 Å². The van der Waals surface area contributed by atoms with E-state index in [4.69, 9.17) is 9.47 Å². The summed E-state index contributed by atoms with van der Waals surface area (Å²) in [5.74, 6) is -0.334. The summed E-state index contributed by atoms with van der Waals surface area (Å²) in [6.45, 7) is 3.33. The predicted molar refractivity (Wildman–Crippen MR) is 78.5 cm³/mol. The quantitative estimate of drug-likeness (QED) is 0.771. The van der Waals surface area contributed by atoms with Gasteiger partial charge in [0.15, 0.2) is 13.2 Å². The van der Waals surface area contributed by atoms with Crippen LogP contribution in [0.25, 0.3) is 0 Å². The smallest absolute Gasteiger partial charge is 0.344 e. The molecule has 0 heterocycles. The van der Waals surface area contributed by atoms with Gasteiger partial charge in [-0.15, -0.1) is 0 Å². The standard InChI is InChI=1S/C14H18BrNO4/c1-3-10(2)16-13(17)8-20-14(18)9-19-12-6-4-5-11(15)7-12/h4-7,10H,3,8-9H2,1-2H3,(H,16,17)/t10-/m1/s1. The number of halogens is 1. The maximum absolute atomic E-state index is 11.4. The Balaban J connectivity index is 2.25. The molecular weight excluding hydrogens is 326 g/mol. The molecule has 0 saturated heterocycles. The number of hydrogen-bond acceptors (Lipinski definition) is 4. The van der Waals surface area contributed by atoms with E-state index in [1.54, 1.807) is 18.2 Å². The van der Waals surface area contributed by atoms with E-state index < -0.39 is 5.97 Å². The molecule has 1 atom stereocenters. The minimum atomic E-state index is -0.579. The van der Waals surface area contributed by atoms with Gasteiger partial charge in [-0.25, -0.2) is 4.79 Å². The van der Waals surface area contributed by atoms with Crippen LogP contribution < -0.4 is 10.1 Å². The van der Waals surface area contributed by atoms with Crippen LogP contribution in [-0.4, -0.2) is 31.1 Å². The first-order chi connectivity index (χ1) is 9.51. The minimum Gasteiger partial charge on any atom is -0.482 e. The molecule has 0 aliphatic carbocycles. The second-order valence-corrected chi connectivity index (χ2v) is 5.20. The fourth-order valence-electron chi connectivity index (χ4n) is 1.31. The Kier molecular flexibility index (Phi) is 7.08. The molecule has 0 spiro atoms. The van der Waals surface area contributed by atoms with Crippen LogP contribution in [0.4, 0.5) is 0 Å². The van der Waals surface area contributed by atoms with Gasteiger partial charge in [0.05, 0.1) is 0 Å². The van der Waals surface area contributed by atoms with E-state index in [2.05, 4.69) is 21.2 Å². The lowest BCUT2D eigenvalue weighted by molar-refractivity contribution is -0.150. The van der Waals surface area contributed by atoms with E-state index in [1.807, 2.05) is 19.9 Å². The molecule has 110 valence electrons. The van der Waals surface area contributed by atoms with Crippen molar-refractivity contribution in [2.75, 3.05) is 13.2 Å². The summed E-state index contributed by atoms with van der Waals surface area (Å²) in [6.07, 6.45) is 0.825. The van der Waals surface area contributed by atoms with Crippen molar-refractivity contribution in [2.45, 2.75) is 26.3 Å². The van der Waals surface area contributed by atoms with Gasteiger partial charge < -0.3 is 14.8 Å². The van der Waals surface area contributed by atoms with E-state index in [1.165, 1.54) is 0 Å². The Morgan fingerprint density at radius 1 is 1.35 bits per heavy atom. The average molecular weight is 344 g/mol. The molecule has 1 N–H and O–H groups in total. The van der Waals surface area contributed by atoms with Crippen molar-refractivity contribution in [1.82, 2.24) is 5.32 Å². The molecule has 20 heavy (non-hydrogen) atoms. The summed E-state index contributed by atoms with van der Waals surface area (Å²) >= 11 is 3.30. The van der Waals surface area contributed by atoms with Crippen molar-refractivity contribution in [1.29, 1.82) is 0 Å². The van der Waals surface area contributed by atoms with Crippen molar-refractivity contribution in [3.8, 4) is 5.75 Å². The predicted octanol–water partition coefficient (Wildman–Crippen LogP) is 2.29. The third-order valence-electron chi connectivity index (χ3n) is 2.54. The third kappa shape index (κ3) is 6.56. The van der Waals surface area contributed by atoms with Gasteiger partial charge in [-0.2, -0.15) is 0 Å². The summed E-state index contributed by atoms with van der Waals surface area (Å²) in [5, 5.41) is 2.70. The molecule has 0 bridgehead atoms. The van der Waals surface area contributed by atoms with Crippen LogP contribution in [0.1, 0.15) is 20.3 Å². The highest BCUT2D eigenvalue weighted by Gasteiger charge is 2.10. The van der Waals surface area contributed by atoms with Crippen LogP contribution >= 0.6 is 15.9 Å². The molecular formula is C14H18BrNO4. The lowest BCUT2D eigenvalue weighted by Crippen LogP contribution is -2.35. The summed E-state index contributed by atoms with van der Waals surface area (Å²) in [7, 11) is 0. The van der Waals surface area contributed by atoms with Crippen molar-refractivity contribution in [3.63, 3.8) is 0 Å². The van der Waals surface area contributed by atoms with Gasteiger partial charge in [-0.1, -0.05) is 28.9 Å². The second-order valence-electron chi connectivity index (χ2n) is 4.28. The van der Waals surface area contributed by atoms with Crippen molar-refractivity contribution in [2.24, 2.45) is 0 Å². The van der Waals surface area contributed by atoms with Crippen molar-refractivity contribution in [3.05, 3.63) is 28.7 Å². The first-order valence-electron chi connectivity index (χ1n) is 6.34. The van der Waals surface area contributed by atoms with Crippen LogP contribution in [0.2, 0.25) is 0 Å². The molecule has 1 aromatic carbocycles. The highest BCUT2D eigenvalue weighted by Crippen LogP contribution is 2.17. The first-order valence-corrected chi connectivity index (χ1v) is 7.14. The van der Waals surface area contributed by atoms with Crippen LogP contribution in [0.15, 0.2) is 28.7 Å². The lowest BCUT2D eigenvalue weighted by atomic mass is 10.2. The van der Waals surface area contributed by atoms with Gasteiger partial charge >= 0.3 is 5.97 Å². The molecule has 1 amide bonds. The maximum Gasteiger partial charge on any atom is 0.344 e. The Bertz CT molecular complexity index is 464. The molecule has 0 aromatic heterocycles. The normalized spacial score (nSPS) is 11.6. The van der Waals surface area contributed by atoms with Crippen molar-refractivity contribution < 1.29 is 19.1 Å². The molecule has 0 saturated carbocycles. The molecule has 0 radical (unpaired) electrons. The Morgan fingerprint density at radius 3 is 2.75 bits per heavy atom. The van der Waals surface area contributed by atoms with E-state index in [0.717, 1.165) is 10.9 Å². The van der Waals surface area contributed by atoms with Gasteiger partial charge in [0.25, 0.3) is 5.91 Å². The molecule has 0 unspecified atom stereocenters. The summed E-state index contributed by atoms with van der Waals surface area (Å²) in [5.41, 5.74) is 0. The summed E-state index contributed by atoms with van der Waals surface area (Å²) < 4.78 is 10.9. The average Bonchev–Trinajstić information content (AvgIpc) is 2.42. The highest BCUT2D eigenvalue weighted by molar-refractivity contribution is 9.10. The molecule has 0 fully saturated rings. The number of benzene rings is 1. The largest absolute Gasteiger partial charge is 0.482 e. The topological polar surface area (TPSA) is 64.6 Å². The molecule has 1 rings (SSSR count). The molecule has 5 nitrogen and oxygen atoms in total. The zero-order valence-electron chi connectivity index (χ0n) is 11.5. The zero-order chi connectivity index (χ0) is 15.0. The number of nitrogens with one attached hydrogen (secondary N) is 1. The summed E-state index contributed by atoms with van der Waals surface area (Å²) in [4.78, 5) is 22.8. The highest BCUT2D eigenvalue weighted by atomic mass is 79.9. The zero-order valence-corrected chi connectivity index (χ0v) is 13.1. The fourth-order valence-corrected chi connectivity index (χ4v) is 1.68. The molecule has 0 aliphatic heterocycles. The number of rotatable bonds is 7. The summed E-state index contributed by atoms with van der Waals surface area (Å²) in [6, 6.07) is 7.19. The minimum absolute atomic E-state index is 0.0686. The maximum atomic E-state index is 11.4. The number of ether oxygens (including phenoxy) is 2. The number of amides is 1. The Labute approximate surface area is 126 Å². The van der Waals surface area contributed by atoms with Gasteiger partial charge in [0.2, 0.25) is 0 Å². The van der Waals surface area contributed by atoms with Gasteiger partial charge in [0, 0.05) is 10.5 Å². The van der Waals surface area contributed by atoms with Crippen LogP contribution in [0.5, 0.6) is 5.75 Å². The molecule has 6 heteroatoms. The monoisotopic (exact) mass is 343 g/mol. The van der Waals surface area contributed by atoms with E-state index in [0.29, 0.717) is 5.75 Å². The van der Waals surface area contributed by atoms with E-state index in [-0.39, 0.29) is 25.2 Å².